The van der Waals surface area contributed by atoms with Crippen LogP contribution in [0.2, 0.25) is 0 Å². The highest BCUT2D eigenvalue weighted by Crippen LogP contribution is 2.40. The molecule has 1 aromatic carbocycles. The molecular formula is C21H29N3O2. The largest absolute Gasteiger partial charge is 0.493 e. The Morgan fingerprint density at radius 2 is 1.92 bits per heavy atom. The van der Waals surface area contributed by atoms with Gasteiger partial charge >= 0.3 is 0 Å². The van der Waals surface area contributed by atoms with Crippen molar-refractivity contribution in [3.8, 4) is 11.5 Å². The van der Waals surface area contributed by atoms with Crippen LogP contribution in [0.15, 0.2) is 12.1 Å². The predicted molar refractivity (Wildman–Crippen MR) is 106 cm³/mol. The van der Waals surface area contributed by atoms with E-state index >= 15 is 0 Å². The van der Waals surface area contributed by atoms with Crippen molar-refractivity contribution in [2.24, 2.45) is 5.41 Å². The summed E-state index contributed by atoms with van der Waals surface area (Å²) in [6.45, 7) is 6.73. The van der Waals surface area contributed by atoms with Crippen molar-refractivity contribution in [2.45, 2.75) is 45.6 Å². The number of nitrogens with zero attached hydrogens (tertiary/aromatic N) is 1. The van der Waals surface area contributed by atoms with E-state index in [-0.39, 0.29) is 0 Å². The SMILES string of the molecule is COc1cc2nc3c(c(N[C@@H]4CNCC(C)(C)C4)c2cc1OC)CCC3. The number of aromatic nitrogens is 1. The fourth-order valence-electron chi connectivity index (χ4n) is 4.46. The van der Waals surface area contributed by atoms with Gasteiger partial charge in [0.25, 0.3) is 0 Å². The van der Waals surface area contributed by atoms with Crippen LogP contribution in [0.4, 0.5) is 5.69 Å². The summed E-state index contributed by atoms with van der Waals surface area (Å²) in [6, 6.07) is 4.49. The lowest BCUT2D eigenvalue weighted by Crippen LogP contribution is -2.47. The van der Waals surface area contributed by atoms with Gasteiger partial charge in [0.1, 0.15) is 0 Å². The third-order valence-electron chi connectivity index (χ3n) is 5.66. The summed E-state index contributed by atoms with van der Waals surface area (Å²) in [5.41, 5.74) is 5.15. The number of hydrogen-bond acceptors (Lipinski definition) is 5. The average molecular weight is 355 g/mol. The van der Waals surface area contributed by atoms with E-state index in [9.17, 15) is 0 Å². The number of fused-ring (bicyclic) bond motifs is 2. The van der Waals surface area contributed by atoms with Crippen molar-refractivity contribution >= 4 is 16.6 Å². The smallest absolute Gasteiger partial charge is 0.162 e. The van der Waals surface area contributed by atoms with Crippen molar-refractivity contribution < 1.29 is 9.47 Å². The van der Waals surface area contributed by atoms with E-state index in [4.69, 9.17) is 14.5 Å². The lowest BCUT2D eigenvalue weighted by Gasteiger charge is -2.37. The Morgan fingerprint density at radius 1 is 1.15 bits per heavy atom. The van der Waals surface area contributed by atoms with Gasteiger partial charge < -0.3 is 20.1 Å². The molecule has 1 atom stereocenters. The number of ether oxygens (including phenoxy) is 2. The van der Waals surface area contributed by atoms with Gasteiger partial charge in [-0.2, -0.15) is 0 Å². The molecule has 1 aliphatic heterocycles. The second-order valence-electron chi connectivity index (χ2n) is 8.33. The van der Waals surface area contributed by atoms with Crippen LogP contribution in [0.5, 0.6) is 11.5 Å². The number of methoxy groups -OCH3 is 2. The van der Waals surface area contributed by atoms with Gasteiger partial charge in [0, 0.05) is 42.0 Å². The molecule has 2 aromatic rings. The van der Waals surface area contributed by atoms with Gasteiger partial charge in [-0.3, -0.25) is 4.98 Å². The molecule has 0 saturated carbocycles. The molecule has 5 heteroatoms. The molecule has 1 saturated heterocycles. The third kappa shape index (κ3) is 3.09. The number of hydrogen-bond donors (Lipinski definition) is 2. The van der Waals surface area contributed by atoms with Gasteiger partial charge in [-0.15, -0.1) is 0 Å². The molecule has 1 aliphatic carbocycles. The summed E-state index contributed by atoms with van der Waals surface area (Å²) in [5, 5.41) is 8.58. The minimum atomic E-state index is 0.308. The minimum absolute atomic E-state index is 0.308. The quantitative estimate of drug-likeness (QED) is 0.879. The van der Waals surface area contributed by atoms with Crippen LogP contribution in [0.1, 0.15) is 37.9 Å². The number of nitrogens with one attached hydrogen (secondary N) is 2. The van der Waals surface area contributed by atoms with Crippen LogP contribution in [-0.4, -0.2) is 38.3 Å². The maximum atomic E-state index is 5.55. The molecular weight excluding hydrogens is 326 g/mol. The average Bonchev–Trinajstić information content (AvgIpc) is 3.08. The maximum absolute atomic E-state index is 5.55. The molecule has 2 heterocycles. The summed E-state index contributed by atoms with van der Waals surface area (Å²) >= 11 is 0. The van der Waals surface area contributed by atoms with Gasteiger partial charge in [0.05, 0.1) is 19.7 Å². The van der Waals surface area contributed by atoms with Crippen LogP contribution >= 0.6 is 0 Å². The number of benzene rings is 1. The summed E-state index contributed by atoms with van der Waals surface area (Å²) in [7, 11) is 3.36. The van der Waals surface area contributed by atoms with Gasteiger partial charge in [-0.1, -0.05) is 13.8 Å². The molecule has 1 aromatic heterocycles. The van der Waals surface area contributed by atoms with Gasteiger partial charge in [-0.25, -0.2) is 0 Å². The molecule has 2 aliphatic rings. The number of aryl methyl sites for hydroxylation is 1. The number of rotatable bonds is 4. The molecule has 2 N–H and O–H groups in total. The van der Waals surface area contributed by atoms with E-state index < -0.39 is 0 Å². The van der Waals surface area contributed by atoms with E-state index in [1.54, 1.807) is 14.2 Å². The van der Waals surface area contributed by atoms with Crippen molar-refractivity contribution in [3.05, 3.63) is 23.4 Å². The molecule has 0 radical (unpaired) electrons. The standard InChI is InChI=1S/C21H29N3O2/c1-21(2)10-13(11-22-12-21)23-20-14-6-5-7-16(14)24-17-9-19(26-4)18(25-3)8-15(17)20/h8-9,13,22H,5-7,10-12H2,1-4H3,(H,23,24)/t13-/m0/s1. The van der Waals surface area contributed by atoms with Crippen LogP contribution in [-0.2, 0) is 12.8 Å². The fraction of sp³-hybridized carbons (Fsp3) is 0.571. The first-order valence-corrected chi connectivity index (χ1v) is 9.55. The Hall–Kier alpha value is -2.01. The van der Waals surface area contributed by atoms with E-state index in [0.29, 0.717) is 11.5 Å². The van der Waals surface area contributed by atoms with Crippen molar-refractivity contribution in [2.75, 3.05) is 32.6 Å². The first-order valence-electron chi connectivity index (χ1n) is 9.55. The van der Waals surface area contributed by atoms with Gasteiger partial charge in [-0.05, 0) is 42.7 Å². The molecule has 1 fully saturated rings. The van der Waals surface area contributed by atoms with Crippen molar-refractivity contribution in [3.63, 3.8) is 0 Å². The highest BCUT2D eigenvalue weighted by Gasteiger charge is 2.29. The summed E-state index contributed by atoms with van der Waals surface area (Å²) in [4.78, 5) is 4.93. The van der Waals surface area contributed by atoms with Gasteiger partial charge in [0.15, 0.2) is 11.5 Å². The second-order valence-corrected chi connectivity index (χ2v) is 8.33. The van der Waals surface area contributed by atoms with E-state index in [1.807, 2.05) is 6.07 Å². The minimum Gasteiger partial charge on any atom is -0.493 e. The van der Waals surface area contributed by atoms with Crippen molar-refractivity contribution in [1.82, 2.24) is 10.3 Å². The number of anilines is 1. The zero-order valence-electron chi connectivity index (χ0n) is 16.2. The van der Waals surface area contributed by atoms with E-state index in [1.165, 1.54) is 23.4 Å². The zero-order valence-corrected chi connectivity index (χ0v) is 16.2. The molecule has 0 unspecified atom stereocenters. The first kappa shape index (κ1) is 17.4. The number of pyridine rings is 1. The predicted octanol–water partition coefficient (Wildman–Crippen LogP) is 3.54. The lowest BCUT2D eigenvalue weighted by molar-refractivity contribution is 0.250. The molecule has 0 bridgehead atoms. The maximum Gasteiger partial charge on any atom is 0.162 e. The summed E-state index contributed by atoms with van der Waals surface area (Å²) in [5.74, 6) is 1.49. The Morgan fingerprint density at radius 3 is 2.65 bits per heavy atom. The fourth-order valence-corrected chi connectivity index (χ4v) is 4.46. The Kier molecular flexibility index (Phi) is 4.43. The topological polar surface area (TPSA) is 55.4 Å². The summed E-state index contributed by atoms with van der Waals surface area (Å²) in [6.07, 6.45) is 4.49. The Labute approximate surface area is 155 Å². The highest BCUT2D eigenvalue weighted by atomic mass is 16.5. The molecule has 5 nitrogen and oxygen atoms in total. The van der Waals surface area contributed by atoms with E-state index in [2.05, 4.69) is 30.5 Å². The second kappa shape index (κ2) is 6.62. The molecule has 140 valence electrons. The number of piperidine rings is 1. The van der Waals surface area contributed by atoms with Crippen molar-refractivity contribution in [1.29, 1.82) is 0 Å². The molecule has 0 spiro atoms. The lowest BCUT2D eigenvalue weighted by atomic mass is 9.82. The Balaban J connectivity index is 1.81. The Bertz CT molecular complexity index is 832. The van der Waals surface area contributed by atoms with Crippen LogP contribution in [0, 0.1) is 5.41 Å². The van der Waals surface area contributed by atoms with Crippen LogP contribution in [0.3, 0.4) is 0 Å². The molecule has 0 amide bonds. The van der Waals surface area contributed by atoms with E-state index in [0.717, 1.165) is 54.8 Å². The van der Waals surface area contributed by atoms with Gasteiger partial charge in [0.2, 0.25) is 0 Å². The highest BCUT2D eigenvalue weighted by molar-refractivity contribution is 5.96. The molecule has 26 heavy (non-hydrogen) atoms. The first-order chi connectivity index (χ1) is 12.5. The van der Waals surface area contributed by atoms with Crippen LogP contribution < -0.4 is 20.1 Å². The zero-order chi connectivity index (χ0) is 18.3. The summed E-state index contributed by atoms with van der Waals surface area (Å²) < 4.78 is 11.0. The third-order valence-corrected chi connectivity index (χ3v) is 5.66. The monoisotopic (exact) mass is 355 g/mol. The molecule has 4 rings (SSSR count). The normalized spacial score (nSPS) is 21.5. The van der Waals surface area contributed by atoms with Crippen LogP contribution in [0.25, 0.3) is 10.9 Å².